The van der Waals surface area contributed by atoms with Gasteiger partial charge >= 0.3 is 6.03 Å². The van der Waals surface area contributed by atoms with Crippen LogP contribution in [0.15, 0.2) is 24.3 Å². The summed E-state index contributed by atoms with van der Waals surface area (Å²) < 4.78 is 0. The molecule has 1 aromatic rings. The largest absolute Gasteiger partial charge is 0.337 e. The van der Waals surface area contributed by atoms with Gasteiger partial charge < -0.3 is 15.5 Å². The van der Waals surface area contributed by atoms with Crippen molar-refractivity contribution in [3.63, 3.8) is 0 Å². The van der Waals surface area contributed by atoms with E-state index in [1.807, 2.05) is 24.3 Å². The summed E-state index contributed by atoms with van der Waals surface area (Å²) >= 11 is 6.15. The maximum atomic E-state index is 11.9. The normalized spacial score (nSPS) is 14.9. The van der Waals surface area contributed by atoms with E-state index in [1.165, 1.54) is 26.2 Å². The van der Waals surface area contributed by atoms with E-state index in [-0.39, 0.29) is 18.0 Å². The number of carbonyl (C=O) groups excluding carboxylic acids is 2. The lowest BCUT2D eigenvalue weighted by molar-refractivity contribution is -0.129. The van der Waals surface area contributed by atoms with Gasteiger partial charge in [-0.1, -0.05) is 49.1 Å². The molecule has 0 saturated heterocycles. The summed E-state index contributed by atoms with van der Waals surface area (Å²) in [5.41, 5.74) is 0.904. The van der Waals surface area contributed by atoms with Crippen molar-refractivity contribution >= 4 is 23.5 Å². The van der Waals surface area contributed by atoms with Crippen LogP contribution < -0.4 is 10.6 Å². The Morgan fingerprint density at radius 2 is 1.92 bits per heavy atom. The minimum atomic E-state index is -0.150. The summed E-state index contributed by atoms with van der Waals surface area (Å²) in [7, 11) is 0. The zero-order valence-electron chi connectivity index (χ0n) is 14.2. The highest BCUT2D eigenvalue weighted by atomic mass is 35.5. The molecule has 1 saturated carbocycles. The minimum absolute atomic E-state index is 0.0376. The van der Waals surface area contributed by atoms with Gasteiger partial charge in [0.1, 0.15) is 0 Å². The smallest absolute Gasteiger partial charge is 0.315 e. The summed E-state index contributed by atoms with van der Waals surface area (Å²) in [6, 6.07) is 7.61. The Kier molecular flexibility index (Phi) is 7.37. The maximum Gasteiger partial charge on any atom is 0.315 e. The van der Waals surface area contributed by atoms with Crippen molar-refractivity contribution in [2.45, 2.75) is 51.6 Å². The predicted molar refractivity (Wildman–Crippen MR) is 96.0 cm³/mol. The number of rotatable bonds is 6. The number of hydrogen-bond acceptors (Lipinski definition) is 2. The van der Waals surface area contributed by atoms with Gasteiger partial charge in [0.15, 0.2) is 0 Å². The van der Waals surface area contributed by atoms with Crippen LogP contribution in [-0.2, 0) is 11.3 Å². The fraction of sp³-hybridized carbons (Fsp3) is 0.556. The van der Waals surface area contributed by atoms with E-state index in [0.717, 1.165) is 18.4 Å². The number of urea groups is 1. The lowest BCUT2D eigenvalue weighted by atomic mass is 9.96. The molecule has 1 aliphatic rings. The second kappa shape index (κ2) is 9.52. The highest BCUT2D eigenvalue weighted by molar-refractivity contribution is 6.31. The zero-order valence-corrected chi connectivity index (χ0v) is 14.9. The molecule has 2 rings (SSSR count). The van der Waals surface area contributed by atoms with Crippen LogP contribution >= 0.6 is 11.6 Å². The standard InChI is InChI=1S/C18H26ClN3O2/c1-14(23)22(13-15-7-5-6-10-17(15)19)12-11-20-18(24)21-16-8-3-2-4-9-16/h5-7,10,16H,2-4,8-9,11-13H2,1H3,(H2,20,21,24). The quantitative estimate of drug-likeness (QED) is 0.825. The zero-order chi connectivity index (χ0) is 17.4. The summed E-state index contributed by atoms with van der Waals surface area (Å²) in [6.07, 6.45) is 5.73. The molecule has 24 heavy (non-hydrogen) atoms. The summed E-state index contributed by atoms with van der Waals surface area (Å²) in [5, 5.41) is 6.49. The Bertz CT molecular complexity index is 559. The molecule has 0 unspecified atom stereocenters. The van der Waals surface area contributed by atoms with E-state index in [1.54, 1.807) is 4.90 Å². The number of halogens is 1. The second-order valence-electron chi connectivity index (χ2n) is 6.27. The van der Waals surface area contributed by atoms with E-state index >= 15 is 0 Å². The van der Waals surface area contributed by atoms with Gasteiger partial charge in [0, 0.05) is 37.6 Å². The van der Waals surface area contributed by atoms with Crippen LogP contribution in [-0.4, -0.2) is 36.0 Å². The number of amides is 3. The molecule has 1 aromatic carbocycles. The van der Waals surface area contributed by atoms with E-state index in [4.69, 9.17) is 11.6 Å². The molecule has 0 heterocycles. The van der Waals surface area contributed by atoms with E-state index in [2.05, 4.69) is 10.6 Å². The number of nitrogens with zero attached hydrogens (tertiary/aromatic N) is 1. The Labute approximate surface area is 148 Å². The first-order valence-corrected chi connectivity index (χ1v) is 8.97. The average Bonchev–Trinajstić information content (AvgIpc) is 2.56. The van der Waals surface area contributed by atoms with Crippen LogP contribution in [0, 0.1) is 0 Å². The van der Waals surface area contributed by atoms with Crippen molar-refractivity contribution in [1.29, 1.82) is 0 Å². The van der Waals surface area contributed by atoms with Gasteiger partial charge in [-0.25, -0.2) is 4.79 Å². The molecule has 3 amide bonds. The molecule has 1 fully saturated rings. The van der Waals surface area contributed by atoms with E-state index in [0.29, 0.717) is 24.7 Å². The molecule has 2 N–H and O–H groups in total. The van der Waals surface area contributed by atoms with Crippen LogP contribution in [0.25, 0.3) is 0 Å². The van der Waals surface area contributed by atoms with Gasteiger partial charge in [-0.3, -0.25) is 4.79 Å². The topological polar surface area (TPSA) is 61.4 Å². The van der Waals surface area contributed by atoms with Crippen LogP contribution in [0.4, 0.5) is 4.79 Å². The first-order chi connectivity index (χ1) is 11.6. The molecule has 0 aliphatic heterocycles. The summed E-state index contributed by atoms with van der Waals surface area (Å²) in [5.74, 6) is -0.0376. The Balaban J connectivity index is 1.76. The third-order valence-electron chi connectivity index (χ3n) is 4.37. The first kappa shape index (κ1) is 18.6. The number of carbonyl (C=O) groups is 2. The van der Waals surface area contributed by atoms with Gasteiger partial charge in [-0.05, 0) is 24.5 Å². The third kappa shape index (κ3) is 6.04. The van der Waals surface area contributed by atoms with Crippen LogP contribution in [0.5, 0.6) is 0 Å². The second-order valence-corrected chi connectivity index (χ2v) is 6.67. The highest BCUT2D eigenvalue weighted by Gasteiger charge is 2.16. The number of nitrogens with one attached hydrogen (secondary N) is 2. The van der Waals surface area contributed by atoms with Crippen molar-refractivity contribution in [1.82, 2.24) is 15.5 Å². The van der Waals surface area contributed by atoms with Gasteiger partial charge in [-0.15, -0.1) is 0 Å². The fourth-order valence-corrected chi connectivity index (χ4v) is 3.16. The van der Waals surface area contributed by atoms with Crippen LogP contribution in [0.3, 0.4) is 0 Å². The molecule has 0 spiro atoms. The van der Waals surface area contributed by atoms with E-state index < -0.39 is 0 Å². The van der Waals surface area contributed by atoms with Crippen LogP contribution in [0.2, 0.25) is 5.02 Å². The van der Waals surface area contributed by atoms with Gasteiger partial charge in [-0.2, -0.15) is 0 Å². The summed E-state index contributed by atoms with van der Waals surface area (Å²) in [6.45, 7) is 2.85. The third-order valence-corrected chi connectivity index (χ3v) is 4.74. The van der Waals surface area contributed by atoms with Crippen molar-refractivity contribution in [2.24, 2.45) is 0 Å². The van der Waals surface area contributed by atoms with Gasteiger partial charge in [0.2, 0.25) is 5.91 Å². The molecule has 0 atom stereocenters. The molecular formula is C18H26ClN3O2. The lowest BCUT2D eigenvalue weighted by Crippen LogP contribution is -2.45. The van der Waals surface area contributed by atoms with Crippen LogP contribution in [0.1, 0.15) is 44.6 Å². The van der Waals surface area contributed by atoms with Gasteiger partial charge in [0.05, 0.1) is 0 Å². The molecule has 6 heteroatoms. The van der Waals surface area contributed by atoms with Crippen molar-refractivity contribution in [3.05, 3.63) is 34.9 Å². The average molecular weight is 352 g/mol. The first-order valence-electron chi connectivity index (χ1n) is 8.59. The molecule has 132 valence electrons. The Morgan fingerprint density at radius 1 is 1.21 bits per heavy atom. The van der Waals surface area contributed by atoms with Crippen molar-refractivity contribution in [3.8, 4) is 0 Å². The molecule has 5 nitrogen and oxygen atoms in total. The lowest BCUT2D eigenvalue weighted by Gasteiger charge is -2.24. The molecule has 0 radical (unpaired) electrons. The minimum Gasteiger partial charge on any atom is -0.337 e. The molecule has 1 aliphatic carbocycles. The molecule has 0 bridgehead atoms. The Morgan fingerprint density at radius 3 is 2.58 bits per heavy atom. The number of hydrogen-bond donors (Lipinski definition) is 2. The van der Waals surface area contributed by atoms with Gasteiger partial charge in [0.25, 0.3) is 0 Å². The Hall–Kier alpha value is -1.75. The van der Waals surface area contributed by atoms with E-state index in [9.17, 15) is 9.59 Å². The van der Waals surface area contributed by atoms with Crippen molar-refractivity contribution < 1.29 is 9.59 Å². The molecular weight excluding hydrogens is 326 g/mol. The summed E-state index contributed by atoms with van der Waals surface area (Å²) in [4.78, 5) is 25.4. The molecule has 0 aromatic heterocycles. The fourth-order valence-electron chi connectivity index (χ4n) is 2.97. The van der Waals surface area contributed by atoms with Crippen molar-refractivity contribution in [2.75, 3.05) is 13.1 Å². The number of benzene rings is 1. The SMILES string of the molecule is CC(=O)N(CCNC(=O)NC1CCCCC1)Cc1ccccc1Cl. The monoisotopic (exact) mass is 351 g/mol. The predicted octanol–water partition coefficient (Wildman–Crippen LogP) is 3.32. The maximum absolute atomic E-state index is 11.9. The highest BCUT2D eigenvalue weighted by Crippen LogP contribution is 2.18.